The average Bonchev–Trinajstić information content (AvgIpc) is 2.75. The Morgan fingerprint density at radius 2 is 1.53 bits per heavy atom. The third-order valence-corrected chi connectivity index (χ3v) is 5.29. The summed E-state index contributed by atoms with van der Waals surface area (Å²) in [5, 5.41) is 23.8. The lowest BCUT2D eigenvalue weighted by atomic mass is 10.2. The fraction of sp³-hybridized carbons (Fsp3) is 0. The molecule has 13 heteroatoms. The Hall–Kier alpha value is -4.39. The van der Waals surface area contributed by atoms with Crippen molar-refractivity contribution in [2.45, 2.75) is 4.90 Å². The molecule has 0 bridgehead atoms. The Morgan fingerprint density at radius 1 is 0.906 bits per heavy atom. The van der Waals surface area contributed by atoms with Crippen molar-refractivity contribution < 1.29 is 31.6 Å². The summed E-state index contributed by atoms with van der Waals surface area (Å²) >= 11 is 0. The van der Waals surface area contributed by atoms with E-state index in [1.807, 2.05) is 0 Å². The minimum Gasteiger partial charge on any atom is -0.379 e. The molecule has 0 spiro atoms. The number of nitro groups is 2. The molecule has 3 aromatic rings. The third-order valence-electron chi connectivity index (χ3n) is 4.05. The molecular weight excluding hydrogens is 449 g/mol. The van der Waals surface area contributed by atoms with Crippen LogP contribution in [-0.2, 0) is 10.1 Å². The summed E-state index contributed by atoms with van der Waals surface area (Å²) in [6.07, 6.45) is 0. The number of nitrogens with zero attached hydrogens (tertiary/aromatic N) is 2. The minimum atomic E-state index is -4.39. The Balaban J connectivity index is 1.76. The second-order valence-electron chi connectivity index (χ2n) is 6.19. The first kappa shape index (κ1) is 22.3. The van der Waals surface area contributed by atoms with E-state index >= 15 is 0 Å². The van der Waals surface area contributed by atoms with Gasteiger partial charge < -0.3 is 9.50 Å². The molecule has 1 amide bonds. The van der Waals surface area contributed by atoms with E-state index in [1.165, 1.54) is 18.2 Å². The summed E-state index contributed by atoms with van der Waals surface area (Å²) in [5.74, 6) is -1.88. The van der Waals surface area contributed by atoms with Crippen molar-refractivity contribution >= 4 is 33.1 Å². The van der Waals surface area contributed by atoms with Gasteiger partial charge in [0.1, 0.15) is 16.5 Å². The number of nitro benzene ring substituents is 2. The van der Waals surface area contributed by atoms with E-state index < -0.39 is 53.6 Å². The standard InChI is InChI=1S/C19H12FN3O8S/c20-17-9-6-14(23(27)28)11-18(17)21-19(24)12-4-7-15(8-5-12)31-32(29,30)16-3-1-2-13(10-16)22(25)26/h1-11H,(H,21,24). The van der Waals surface area contributed by atoms with Crippen LogP contribution in [0.4, 0.5) is 21.5 Å². The van der Waals surface area contributed by atoms with Crippen LogP contribution in [0.1, 0.15) is 10.4 Å². The number of carbonyl (C=O) groups excluding carboxylic acids is 1. The highest BCUT2D eigenvalue weighted by Crippen LogP contribution is 2.24. The lowest BCUT2D eigenvalue weighted by molar-refractivity contribution is -0.385. The van der Waals surface area contributed by atoms with Gasteiger partial charge in [0.25, 0.3) is 17.3 Å². The van der Waals surface area contributed by atoms with Crippen molar-refractivity contribution in [2.75, 3.05) is 5.32 Å². The number of amides is 1. The van der Waals surface area contributed by atoms with E-state index in [2.05, 4.69) is 5.32 Å². The molecule has 0 aliphatic rings. The number of hydrogen-bond donors (Lipinski definition) is 1. The molecule has 1 N–H and O–H groups in total. The fourth-order valence-corrected chi connectivity index (χ4v) is 3.48. The van der Waals surface area contributed by atoms with E-state index in [0.29, 0.717) is 0 Å². The number of carbonyl (C=O) groups is 1. The van der Waals surface area contributed by atoms with E-state index in [-0.39, 0.29) is 11.3 Å². The van der Waals surface area contributed by atoms with Crippen LogP contribution in [0.3, 0.4) is 0 Å². The molecule has 32 heavy (non-hydrogen) atoms. The van der Waals surface area contributed by atoms with Gasteiger partial charge in [-0.15, -0.1) is 0 Å². The number of hydrogen-bond acceptors (Lipinski definition) is 8. The zero-order valence-corrected chi connectivity index (χ0v) is 16.6. The van der Waals surface area contributed by atoms with Crippen LogP contribution in [-0.4, -0.2) is 24.2 Å². The number of anilines is 1. The number of nitrogens with one attached hydrogen (secondary N) is 1. The Bertz CT molecular complexity index is 1330. The van der Waals surface area contributed by atoms with Crippen LogP contribution >= 0.6 is 0 Å². The molecule has 0 aromatic heterocycles. The van der Waals surface area contributed by atoms with Gasteiger partial charge in [-0.05, 0) is 36.4 Å². The van der Waals surface area contributed by atoms with Crippen molar-refractivity contribution in [3.05, 3.63) is 98.3 Å². The predicted molar refractivity (Wildman–Crippen MR) is 108 cm³/mol. The quantitative estimate of drug-likeness (QED) is 0.317. The molecule has 0 radical (unpaired) electrons. The molecule has 0 fully saturated rings. The molecule has 0 saturated carbocycles. The highest BCUT2D eigenvalue weighted by Gasteiger charge is 2.20. The zero-order valence-electron chi connectivity index (χ0n) is 15.8. The van der Waals surface area contributed by atoms with Crippen LogP contribution in [0.15, 0.2) is 71.6 Å². The van der Waals surface area contributed by atoms with Gasteiger partial charge in [-0.25, -0.2) is 4.39 Å². The molecule has 11 nitrogen and oxygen atoms in total. The highest BCUT2D eigenvalue weighted by atomic mass is 32.2. The van der Waals surface area contributed by atoms with E-state index in [4.69, 9.17) is 4.18 Å². The molecule has 0 heterocycles. The topological polar surface area (TPSA) is 159 Å². The van der Waals surface area contributed by atoms with Crippen molar-refractivity contribution in [1.29, 1.82) is 0 Å². The molecular formula is C19H12FN3O8S. The SMILES string of the molecule is O=C(Nc1cc([N+](=O)[O-])ccc1F)c1ccc(OS(=O)(=O)c2cccc([N+](=O)[O-])c2)cc1. The molecule has 3 aromatic carbocycles. The summed E-state index contributed by atoms with van der Waals surface area (Å²) in [5.41, 5.74) is -1.28. The Kier molecular flexibility index (Phi) is 6.11. The zero-order chi connectivity index (χ0) is 23.5. The van der Waals surface area contributed by atoms with Gasteiger partial charge in [0.15, 0.2) is 0 Å². The number of non-ortho nitro benzene ring substituents is 2. The lowest BCUT2D eigenvalue weighted by Gasteiger charge is -2.09. The van der Waals surface area contributed by atoms with E-state index in [9.17, 15) is 37.8 Å². The van der Waals surface area contributed by atoms with Gasteiger partial charge in [-0.3, -0.25) is 25.0 Å². The van der Waals surface area contributed by atoms with Crippen LogP contribution in [0.2, 0.25) is 0 Å². The second kappa shape index (κ2) is 8.77. The predicted octanol–water partition coefficient (Wildman–Crippen LogP) is 3.66. The first-order valence-electron chi connectivity index (χ1n) is 8.61. The van der Waals surface area contributed by atoms with Crippen LogP contribution < -0.4 is 9.50 Å². The van der Waals surface area contributed by atoms with Crippen molar-refractivity contribution in [1.82, 2.24) is 0 Å². The van der Waals surface area contributed by atoms with E-state index in [1.54, 1.807) is 0 Å². The molecule has 0 atom stereocenters. The monoisotopic (exact) mass is 461 g/mol. The maximum atomic E-state index is 13.8. The van der Waals surface area contributed by atoms with Gasteiger partial charge in [-0.1, -0.05) is 6.07 Å². The summed E-state index contributed by atoms with van der Waals surface area (Å²) in [7, 11) is -4.39. The van der Waals surface area contributed by atoms with Gasteiger partial charge in [-0.2, -0.15) is 8.42 Å². The van der Waals surface area contributed by atoms with Crippen LogP contribution in [0.25, 0.3) is 0 Å². The first-order chi connectivity index (χ1) is 15.1. The van der Waals surface area contributed by atoms with Gasteiger partial charge >= 0.3 is 10.1 Å². The molecule has 3 rings (SSSR count). The smallest absolute Gasteiger partial charge is 0.339 e. The minimum absolute atomic E-state index is 0.0176. The molecule has 0 aliphatic carbocycles. The fourth-order valence-electron chi connectivity index (χ4n) is 2.51. The first-order valence-corrected chi connectivity index (χ1v) is 10.0. The van der Waals surface area contributed by atoms with Crippen molar-refractivity contribution in [2.24, 2.45) is 0 Å². The summed E-state index contributed by atoms with van der Waals surface area (Å²) in [6, 6.07) is 11.6. The second-order valence-corrected chi connectivity index (χ2v) is 7.74. The Morgan fingerprint density at radius 3 is 2.16 bits per heavy atom. The normalized spacial score (nSPS) is 10.9. The molecule has 164 valence electrons. The largest absolute Gasteiger partial charge is 0.379 e. The average molecular weight is 461 g/mol. The van der Waals surface area contributed by atoms with E-state index in [0.717, 1.165) is 48.5 Å². The van der Waals surface area contributed by atoms with Gasteiger partial charge in [0.2, 0.25) is 0 Å². The van der Waals surface area contributed by atoms with Crippen LogP contribution in [0, 0.1) is 26.0 Å². The van der Waals surface area contributed by atoms with Gasteiger partial charge in [0.05, 0.1) is 15.5 Å². The maximum absolute atomic E-state index is 13.8. The number of halogens is 1. The van der Waals surface area contributed by atoms with Crippen LogP contribution in [0.5, 0.6) is 5.75 Å². The highest BCUT2D eigenvalue weighted by molar-refractivity contribution is 7.87. The summed E-state index contributed by atoms with van der Waals surface area (Å²) < 4.78 is 43.4. The lowest BCUT2D eigenvalue weighted by Crippen LogP contribution is -2.13. The van der Waals surface area contributed by atoms with Crippen molar-refractivity contribution in [3.63, 3.8) is 0 Å². The summed E-state index contributed by atoms with van der Waals surface area (Å²) in [4.78, 5) is 32.0. The van der Waals surface area contributed by atoms with Crippen molar-refractivity contribution in [3.8, 4) is 5.75 Å². The summed E-state index contributed by atoms with van der Waals surface area (Å²) in [6.45, 7) is 0. The number of rotatable bonds is 7. The molecule has 0 unspecified atom stereocenters. The molecule has 0 saturated heterocycles. The third kappa shape index (κ3) is 5.02. The van der Waals surface area contributed by atoms with Gasteiger partial charge in [0, 0.05) is 29.8 Å². The molecule has 0 aliphatic heterocycles. The Labute approximate surface area is 179 Å². The maximum Gasteiger partial charge on any atom is 0.339 e. The number of benzene rings is 3.